The minimum absolute atomic E-state index is 0.327. The Hall–Kier alpha value is -5.80. The van der Waals surface area contributed by atoms with Crippen LogP contribution in [-0.4, -0.2) is 5.11 Å². The van der Waals surface area contributed by atoms with Crippen LogP contribution in [0.3, 0.4) is 0 Å². The second-order valence-corrected chi connectivity index (χ2v) is 13.3. The van der Waals surface area contributed by atoms with E-state index < -0.39 is 0 Å². The molecule has 2 bridgehead atoms. The Morgan fingerprint density at radius 3 is 2.02 bits per heavy atom. The first-order valence-corrected chi connectivity index (χ1v) is 16.7. The average molecular weight is 623 g/mol. The summed E-state index contributed by atoms with van der Waals surface area (Å²) < 4.78 is 0. The lowest BCUT2D eigenvalue weighted by Gasteiger charge is -2.45. The Morgan fingerprint density at radius 2 is 1.31 bits per heavy atom. The number of hydrogen-bond donors (Lipinski definition) is 2. The molecule has 0 spiro atoms. The molecule has 0 unspecified atom stereocenters. The summed E-state index contributed by atoms with van der Waals surface area (Å²) >= 11 is 0. The van der Waals surface area contributed by atoms with Crippen molar-refractivity contribution in [3.05, 3.63) is 185 Å². The van der Waals surface area contributed by atoms with E-state index in [0.29, 0.717) is 12.2 Å². The molecule has 3 heteroatoms. The lowest BCUT2D eigenvalue weighted by molar-refractivity contribution is 0.383. The van der Waals surface area contributed by atoms with Gasteiger partial charge in [-0.25, -0.2) is 0 Å². The largest absolute Gasteiger partial charge is 0.512 e. The maximum absolute atomic E-state index is 10.9. The standard InChI is InChI=1S/C45H38N2O/c1-30-40-29-36(39-14-8-10-16-44(39)48)27-35-13-7-9-15-42(35)47(30)43-26-21-34(28-41(43)45(40,2)3)33-19-24-38(25-20-33)46-37-22-17-32(18-23-37)31-11-5-4-6-12-31/h4-9,11-15,17-29,46,48H,1,10,16H2,2-3H3/b36-27+,40-29+. The van der Waals surface area contributed by atoms with Crippen LogP contribution in [0.2, 0.25) is 0 Å². The molecule has 2 aliphatic heterocycles. The van der Waals surface area contributed by atoms with E-state index in [0.717, 1.165) is 62.7 Å². The van der Waals surface area contributed by atoms with Crippen LogP contribution in [0.15, 0.2) is 174 Å². The van der Waals surface area contributed by atoms with Crippen molar-refractivity contribution in [1.82, 2.24) is 0 Å². The molecule has 0 amide bonds. The molecular formula is C45H38N2O. The third-order valence-corrected chi connectivity index (χ3v) is 9.91. The maximum Gasteiger partial charge on any atom is 0.100 e. The Kier molecular flexibility index (Phi) is 7.26. The minimum Gasteiger partial charge on any atom is -0.512 e. The van der Waals surface area contributed by atoms with Crippen molar-refractivity contribution < 1.29 is 5.11 Å². The number of benzene rings is 5. The molecule has 2 N–H and O–H groups in total. The first-order chi connectivity index (χ1) is 23.4. The van der Waals surface area contributed by atoms with Crippen LogP contribution in [0.5, 0.6) is 0 Å². The molecular weight excluding hydrogens is 585 g/mol. The van der Waals surface area contributed by atoms with E-state index in [1.807, 2.05) is 6.07 Å². The number of allylic oxidation sites excluding steroid dienone is 7. The lowest BCUT2D eigenvalue weighted by atomic mass is 9.70. The zero-order chi connectivity index (χ0) is 32.8. The van der Waals surface area contributed by atoms with E-state index in [1.54, 1.807) is 0 Å². The van der Waals surface area contributed by atoms with Gasteiger partial charge in [0, 0.05) is 34.5 Å². The first kappa shape index (κ1) is 29.6. The smallest absolute Gasteiger partial charge is 0.100 e. The minimum atomic E-state index is -0.327. The molecule has 48 heavy (non-hydrogen) atoms. The zero-order valence-electron chi connectivity index (χ0n) is 27.4. The van der Waals surface area contributed by atoms with Crippen LogP contribution in [0.25, 0.3) is 28.3 Å². The highest BCUT2D eigenvalue weighted by Gasteiger charge is 2.40. The van der Waals surface area contributed by atoms with Gasteiger partial charge in [-0.3, -0.25) is 0 Å². The van der Waals surface area contributed by atoms with Crippen molar-refractivity contribution in [3.8, 4) is 22.3 Å². The van der Waals surface area contributed by atoms with E-state index in [9.17, 15) is 5.11 Å². The van der Waals surface area contributed by atoms with Gasteiger partial charge in [0.25, 0.3) is 0 Å². The van der Waals surface area contributed by atoms with Crippen LogP contribution < -0.4 is 10.2 Å². The number of fused-ring (bicyclic) bond motifs is 6. The molecule has 3 nitrogen and oxygen atoms in total. The highest BCUT2D eigenvalue weighted by Crippen LogP contribution is 2.53. The quantitative estimate of drug-likeness (QED) is 0.205. The molecule has 0 saturated heterocycles. The molecule has 1 aliphatic carbocycles. The maximum atomic E-state index is 10.9. The second kappa shape index (κ2) is 11.8. The first-order valence-electron chi connectivity index (χ1n) is 16.7. The summed E-state index contributed by atoms with van der Waals surface area (Å²) in [6, 6.07) is 43.0. The van der Waals surface area contributed by atoms with Crippen molar-refractivity contribution in [2.45, 2.75) is 32.1 Å². The van der Waals surface area contributed by atoms with Crippen molar-refractivity contribution >= 4 is 28.8 Å². The van der Waals surface area contributed by atoms with Crippen LogP contribution in [0.4, 0.5) is 22.7 Å². The van der Waals surface area contributed by atoms with E-state index in [4.69, 9.17) is 0 Å². The monoisotopic (exact) mass is 622 g/mol. The highest BCUT2D eigenvalue weighted by molar-refractivity contribution is 5.89. The molecule has 0 radical (unpaired) electrons. The fourth-order valence-corrected chi connectivity index (χ4v) is 7.26. The number of rotatable bonds is 5. The van der Waals surface area contributed by atoms with Crippen LogP contribution in [0.1, 0.15) is 37.8 Å². The molecule has 8 rings (SSSR count). The zero-order valence-corrected chi connectivity index (χ0v) is 27.4. The number of para-hydroxylation sites is 1. The van der Waals surface area contributed by atoms with Gasteiger partial charge in [-0.05, 0) is 106 Å². The molecule has 0 fully saturated rings. The van der Waals surface area contributed by atoms with Gasteiger partial charge in [-0.2, -0.15) is 0 Å². The Morgan fingerprint density at radius 1 is 0.688 bits per heavy atom. The fourth-order valence-electron chi connectivity index (χ4n) is 7.26. The van der Waals surface area contributed by atoms with E-state index >= 15 is 0 Å². The van der Waals surface area contributed by atoms with E-state index in [2.05, 4.69) is 170 Å². The predicted octanol–water partition coefficient (Wildman–Crippen LogP) is 12.2. The Labute approximate surface area is 283 Å². The second-order valence-electron chi connectivity index (χ2n) is 13.3. The predicted molar refractivity (Wildman–Crippen MR) is 202 cm³/mol. The van der Waals surface area contributed by atoms with Crippen molar-refractivity contribution in [1.29, 1.82) is 0 Å². The SMILES string of the molecule is C=C1/C2=C\C(C3=C(O)CCC=C3)=C/c3ccccc3N1c1ccc(-c3ccc(Nc4ccc(-c5ccccc5)cc4)cc3)cc1C2(C)C. The van der Waals surface area contributed by atoms with Crippen LogP contribution in [0, 0.1) is 0 Å². The number of anilines is 4. The topological polar surface area (TPSA) is 35.5 Å². The average Bonchev–Trinajstić information content (AvgIpc) is 3.11. The van der Waals surface area contributed by atoms with Gasteiger partial charge >= 0.3 is 0 Å². The third kappa shape index (κ3) is 5.18. The van der Waals surface area contributed by atoms with Crippen LogP contribution >= 0.6 is 0 Å². The van der Waals surface area contributed by atoms with Gasteiger partial charge in [-0.15, -0.1) is 0 Å². The number of nitrogens with one attached hydrogen (secondary N) is 1. The number of hydrogen-bond acceptors (Lipinski definition) is 3. The molecule has 5 aromatic rings. The Balaban J connectivity index is 1.14. The molecule has 3 aliphatic rings. The van der Waals surface area contributed by atoms with Crippen molar-refractivity contribution in [3.63, 3.8) is 0 Å². The van der Waals surface area contributed by atoms with Gasteiger partial charge in [-0.1, -0.05) is 111 Å². The van der Waals surface area contributed by atoms with Gasteiger partial charge in [0.15, 0.2) is 0 Å². The molecule has 5 aromatic carbocycles. The number of aliphatic hydroxyl groups is 1. The van der Waals surface area contributed by atoms with Gasteiger partial charge in [0.2, 0.25) is 0 Å². The molecule has 0 atom stereocenters. The Bertz CT molecular complexity index is 2180. The third-order valence-electron chi connectivity index (χ3n) is 9.91. The van der Waals surface area contributed by atoms with Crippen LogP contribution in [-0.2, 0) is 5.41 Å². The normalized spacial score (nSPS) is 18.5. The molecule has 2 heterocycles. The summed E-state index contributed by atoms with van der Waals surface area (Å²) in [7, 11) is 0. The summed E-state index contributed by atoms with van der Waals surface area (Å²) in [5.74, 6) is 0.444. The van der Waals surface area contributed by atoms with E-state index in [1.165, 1.54) is 22.3 Å². The summed E-state index contributed by atoms with van der Waals surface area (Å²) in [5, 5.41) is 14.5. The number of aliphatic hydroxyl groups excluding tert-OH is 1. The summed E-state index contributed by atoms with van der Waals surface area (Å²) in [6.07, 6.45) is 10.2. The van der Waals surface area contributed by atoms with Gasteiger partial charge < -0.3 is 15.3 Å². The van der Waals surface area contributed by atoms with Gasteiger partial charge in [0.1, 0.15) is 5.76 Å². The fraction of sp³-hybridized carbons (Fsp3) is 0.111. The van der Waals surface area contributed by atoms with Crippen molar-refractivity contribution in [2.24, 2.45) is 0 Å². The van der Waals surface area contributed by atoms with Crippen molar-refractivity contribution in [2.75, 3.05) is 10.2 Å². The summed E-state index contributed by atoms with van der Waals surface area (Å²) in [5.41, 5.74) is 15.1. The number of nitrogens with zero attached hydrogens (tertiary/aromatic N) is 1. The van der Waals surface area contributed by atoms with E-state index in [-0.39, 0.29) is 5.41 Å². The molecule has 0 saturated carbocycles. The lowest BCUT2D eigenvalue weighted by Crippen LogP contribution is -2.36. The molecule has 0 aromatic heterocycles. The summed E-state index contributed by atoms with van der Waals surface area (Å²) in [4.78, 5) is 2.31. The summed E-state index contributed by atoms with van der Waals surface area (Å²) in [6.45, 7) is 9.24. The molecule has 234 valence electrons. The van der Waals surface area contributed by atoms with Gasteiger partial charge in [0.05, 0.1) is 11.4 Å². The highest BCUT2D eigenvalue weighted by atomic mass is 16.3.